The van der Waals surface area contributed by atoms with Crippen LogP contribution in [-0.2, 0) is 20.3 Å². The van der Waals surface area contributed by atoms with Crippen molar-refractivity contribution in [1.82, 2.24) is 0 Å². The first kappa shape index (κ1) is 23.6. The van der Waals surface area contributed by atoms with E-state index in [1.165, 1.54) is 6.92 Å². The number of hydrogen-bond acceptors (Lipinski definition) is 4. The van der Waals surface area contributed by atoms with Crippen molar-refractivity contribution in [2.75, 3.05) is 17.2 Å². The fourth-order valence-electron chi connectivity index (χ4n) is 4.03. The molecule has 168 valence electrons. The fraction of sp³-hybridized carbons (Fsp3) is 0.280. The Morgan fingerprint density at radius 2 is 1.72 bits per heavy atom. The van der Waals surface area contributed by atoms with Crippen LogP contribution in [0.4, 0.5) is 11.4 Å². The van der Waals surface area contributed by atoms with E-state index in [4.69, 9.17) is 0 Å². The molecule has 0 fully saturated rings. The summed E-state index contributed by atoms with van der Waals surface area (Å²) in [4.78, 5) is 13.6. The quantitative estimate of drug-likeness (QED) is 0.343. The lowest BCUT2D eigenvalue weighted by molar-refractivity contribution is -0.437. The van der Waals surface area contributed by atoms with Gasteiger partial charge in [0, 0.05) is 48.7 Å². The van der Waals surface area contributed by atoms with E-state index >= 15 is 0 Å². The van der Waals surface area contributed by atoms with Gasteiger partial charge in [-0.1, -0.05) is 42.5 Å². The lowest BCUT2D eigenvalue weighted by Crippen LogP contribution is -2.28. The van der Waals surface area contributed by atoms with E-state index in [1.54, 1.807) is 17.2 Å². The third-order valence-electron chi connectivity index (χ3n) is 5.55. The summed E-state index contributed by atoms with van der Waals surface area (Å²) >= 11 is 0. The lowest BCUT2D eigenvalue weighted by atomic mass is 9.81. The summed E-state index contributed by atoms with van der Waals surface area (Å²) < 4.78 is 35.3. The summed E-state index contributed by atoms with van der Waals surface area (Å²) in [5.74, 6) is -0.490. The highest BCUT2D eigenvalue weighted by molar-refractivity contribution is 7.85. The number of benzene rings is 2. The molecule has 6 nitrogen and oxygen atoms in total. The van der Waals surface area contributed by atoms with E-state index in [-0.39, 0.29) is 17.7 Å². The Bertz CT molecular complexity index is 1180. The second kappa shape index (κ2) is 9.63. The van der Waals surface area contributed by atoms with Gasteiger partial charge in [0.1, 0.15) is 6.54 Å². The molecule has 2 aromatic carbocycles. The number of carbonyl (C=O) groups excluding carboxylic acids is 1. The highest BCUT2D eigenvalue weighted by atomic mass is 32.2. The smallest absolute Gasteiger partial charge is 0.227 e. The number of hydrogen-bond donors (Lipinski definition) is 0. The standard InChI is InChI=1S/C25H28N2O4S/c1-20(28)26(21-12-5-4-6-13-21)17-10-9-16-24-25(2,3)22-14-7-8-15-23(22)27(24)18-11-19-32(29,30)31/h4-10,12-17H,11,18-19H2,1-3H3. The molecule has 7 heteroatoms. The Kier molecular flexibility index (Phi) is 7.11. The topological polar surface area (TPSA) is 80.5 Å². The van der Waals surface area contributed by atoms with E-state index in [2.05, 4.69) is 24.5 Å². The summed E-state index contributed by atoms with van der Waals surface area (Å²) in [7, 11) is -4.26. The molecule has 0 radical (unpaired) electrons. The van der Waals surface area contributed by atoms with Crippen LogP contribution in [0.15, 0.2) is 79.0 Å². The number of amides is 1. The van der Waals surface area contributed by atoms with Gasteiger partial charge in [-0.15, -0.1) is 0 Å². The van der Waals surface area contributed by atoms with Gasteiger partial charge in [-0.25, -0.2) is 8.42 Å². The van der Waals surface area contributed by atoms with Crippen LogP contribution in [-0.4, -0.2) is 41.5 Å². The minimum atomic E-state index is -4.26. The SMILES string of the molecule is CC(=O)N(C=CC=CC1=[N+](CCCS(=O)(=O)[O-])c2ccccc2C1(C)C)c1ccccc1. The van der Waals surface area contributed by atoms with Gasteiger partial charge < -0.3 is 4.55 Å². The Morgan fingerprint density at radius 1 is 1.06 bits per heavy atom. The molecule has 0 atom stereocenters. The van der Waals surface area contributed by atoms with Crippen LogP contribution >= 0.6 is 0 Å². The molecule has 1 amide bonds. The Morgan fingerprint density at radius 3 is 2.38 bits per heavy atom. The number of para-hydroxylation sites is 2. The number of carbonyl (C=O) groups is 1. The maximum atomic E-state index is 12.1. The normalized spacial score (nSPS) is 15.5. The van der Waals surface area contributed by atoms with Gasteiger partial charge in [0.15, 0.2) is 5.71 Å². The van der Waals surface area contributed by atoms with Crippen molar-refractivity contribution >= 4 is 33.1 Å². The van der Waals surface area contributed by atoms with Gasteiger partial charge >= 0.3 is 0 Å². The molecule has 0 saturated carbocycles. The van der Waals surface area contributed by atoms with Crippen molar-refractivity contribution in [1.29, 1.82) is 0 Å². The third kappa shape index (κ3) is 5.41. The van der Waals surface area contributed by atoms with E-state index in [1.807, 2.05) is 60.7 Å². The number of anilines is 1. The van der Waals surface area contributed by atoms with Gasteiger partial charge in [0.25, 0.3) is 0 Å². The zero-order chi connectivity index (χ0) is 23.4. The summed E-state index contributed by atoms with van der Waals surface area (Å²) in [5.41, 5.74) is 3.64. The zero-order valence-electron chi connectivity index (χ0n) is 18.6. The second-order valence-corrected chi connectivity index (χ2v) is 9.74. The van der Waals surface area contributed by atoms with Crippen molar-refractivity contribution in [3.05, 3.63) is 84.6 Å². The van der Waals surface area contributed by atoms with Gasteiger partial charge in [-0.3, -0.25) is 9.69 Å². The predicted octanol–water partition coefficient (Wildman–Crippen LogP) is 4.12. The van der Waals surface area contributed by atoms with Crippen molar-refractivity contribution in [3.63, 3.8) is 0 Å². The summed E-state index contributed by atoms with van der Waals surface area (Å²) in [6.45, 7) is 6.17. The molecule has 0 N–H and O–H groups in total. The first-order valence-corrected chi connectivity index (χ1v) is 12.1. The minimum absolute atomic E-state index is 0.0949. The fourth-order valence-corrected chi connectivity index (χ4v) is 4.51. The van der Waals surface area contributed by atoms with E-state index < -0.39 is 15.9 Å². The number of allylic oxidation sites excluding steroid dienone is 3. The summed E-state index contributed by atoms with van der Waals surface area (Å²) in [6, 6.07) is 17.4. The van der Waals surface area contributed by atoms with E-state index in [0.717, 1.165) is 22.6 Å². The monoisotopic (exact) mass is 452 g/mol. The van der Waals surface area contributed by atoms with Crippen molar-refractivity contribution in [2.24, 2.45) is 0 Å². The molecule has 2 aromatic rings. The van der Waals surface area contributed by atoms with Gasteiger partial charge in [0.05, 0.1) is 15.5 Å². The Labute approximate surface area is 190 Å². The number of fused-ring (bicyclic) bond motifs is 1. The van der Waals surface area contributed by atoms with Crippen LogP contribution in [0.5, 0.6) is 0 Å². The van der Waals surface area contributed by atoms with E-state index in [0.29, 0.717) is 6.54 Å². The summed E-state index contributed by atoms with van der Waals surface area (Å²) in [6.07, 6.45) is 7.62. The molecule has 0 spiro atoms. The maximum Gasteiger partial charge on any atom is 0.227 e. The molecule has 1 aliphatic heterocycles. The molecule has 32 heavy (non-hydrogen) atoms. The van der Waals surface area contributed by atoms with E-state index in [9.17, 15) is 17.8 Å². The Balaban J connectivity index is 1.89. The number of rotatable bonds is 8. The first-order chi connectivity index (χ1) is 15.1. The van der Waals surface area contributed by atoms with Crippen LogP contribution in [0.25, 0.3) is 0 Å². The molecule has 0 aliphatic carbocycles. The summed E-state index contributed by atoms with van der Waals surface area (Å²) in [5, 5.41) is 0. The Hall–Kier alpha value is -3.03. The maximum absolute atomic E-state index is 12.1. The van der Waals surface area contributed by atoms with Crippen molar-refractivity contribution in [2.45, 2.75) is 32.6 Å². The third-order valence-corrected chi connectivity index (χ3v) is 6.34. The van der Waals surface area contributed by atoms with Gasteiger partial charge in [-0.05, 0) is 32.1 Å². The molecule has 0 saturated heterocycles. The highest BCUT2D eigenvalue weighted by Crippen LogP contribution is 2.39. The van der Waals surface area contributed by atoms with Crippen LogP contribution in [0, 0.1) is 0 Å². The first-order valence-electron chi connectivity index (χ1n) is 10.5. The lowest BCUT2D eigenvalue weighted by Gasteiger charge is -2.16. The average molecular weight is 453 g/mol. The molecular weight excluding hydrogens is 424 g/mol. The molecule has 0 bridgehead atoms. The molecule has 0 aromatic heterocycles. The molecule has 1 aliphatic rings. The van der Waals surface area contributed by atoms with Gasteiger partial charge in [0.2, 0.25) is 11.6 Å². The van der Waals surface area contributed by atoms with Crippen LogP contribution in [0.1, 0.15) is 32.8 Å². The number of nitrogens with zero attached hydrogens (tertiary/aromatic N) is 2. The van der Waals surface area contributed by atoms with Gasteiger partial charge in [-0.2, -0.15) is 4.58 Å². The molecule has 3 rings (SSSR count). The van der Waals surface area contributed by atoms with Crippen LogP contribution in [0.3, 0.4) is 0 Å². The molecular formula is C25H28N2O4S. The molecule has 1 heterocycles. The van der Waals surface area contributed by atoms with Crippen molar-refractivity contribution < 1.29 is 22.3 Å². The van der Waals surface area contributed by atoms with Crippen molar-refractivity contribution in [3.8, 4) is 0 Å². The predicted molar refractivity (Wildman–Crippen MR) is 126 cm³/mol. The largest absolute Gasteiger partial charge is 0.748 e. The average Bonchev–Trinajstić information content (AvgIpc) is 2.94. The second-order valence-electron chi connectivity index (χ2n) is 8.22. The van der Waals surface area contributed by atoms with Crippen LogP contribution < -0.4 is 4.90 Å². The zero-order valence-corrected chi connectivity index (χ0v) is 19.4. The van der Waals surface area contributed by atoms with Crippen LogP contribution in [0.2, 0.25) is 0 Å². The molecule has 0 unspecified atom stereocenters. The minimum Gasteiger partial charge on any atom is -0.748 e. The highest BCUT2D eigenvalue weighted by Gasteiger charge is 2.43.